The van der Waals surface area contributed by atoms with Crippen LogP contribution in [0.2, 0.25) is 0 Å². The lowest BCUT2D eigenvalue weighted by atomic mass is 10.1. The number of unbranched alkanes of at least 4 members (excludes halogenated alkanes) is 1. The Morgan fingerprint density at radius 1 is 1.25 bits per heavy atom. The second-order valence-electron chi connectivity index (χ2n) is 4.66. The molecule has 0 saturated carbocycles. The molecule has 1 rings (SSSR count). The fourth-order valence-corrected chi connectivity index (χ4v) is 2.38. The molecule has 0 radical (unpaired) electrons. The van der Waals surface area contributed by atoms with Gasteiger partial charge in [0.1, 0.15) is 0 Å². The highest BCUT2D eigenvalue weighted by Gasteiger charge is 2.00. The van der Waals surface area contributed by atoms with Crippen molar-refractivity contribution >= 4 is 15.9 Å². The summed E-state index contributed by atoms with van der Waals surface area (Å²) < 4.78 is 1.25. The Balaban J connectivity index is 2.27. The Kier molecular flexibility index (Phi) is 6.07. The Morgan fingerprint density at radius 2 is 2.00 bits per heavy atom. The van der Waals surface area contributed by atoms with Crippen LogP contribution in [0.1, 0.15) is 37.8 Å². The van der Waals surface area contributed by atoms with Gasteiger partial charge in [0.05, 0.1) is 0 Å². The van der Waals surface area contributed by atoms with Gasteiger partial charge in [0.15, 0.2) is 0 Å². The highest BCUT2D eigenvalue weighted by atomic mass is 79.9. The topological polar surface area (TPSA) is 12.0 Å². The minimum absolute atomic E-state index is 0.603. The Labute approximate surface area is 108 Å². The molecule has 1 aromatic carbocycles. The lowest BCUT2D eigenvalue weighted by molar-refractivity contribution is 0.557. The van der Waals surface area contributed by atoms with Gasteiger partial charge in [0.2, 0.25) is 0 Å². The van der Waals surface area contributed by atoms with Crippen molar-refractivity contribution in [3.05, 3.63) is 33.8 Å². The van der Waals surface area contributed by atoms with E-state index in [1.54, 1.807) is 0 Å². The molecule has 0 amide bonds. The molecule has 0 fully saturated rings. The van der Waals surface area contributed by atoms with Gasteiger partial charge in [0.25, 0.3) is 0 Å². The molecule has 1 N–H and O–H groups in total. The number of halogens is 1. The molecular formula is C14H22BrN. The molecule has 1 nitrogen and oxygen atoms in total. The smallest absolute Gasteiger partial charge is 0.0209 e. The molecule has 1 aromatic rings. The summed E-state index contributed by atoms with van der Waals surface area (Å²) in [6.45, 7) is 7.63. The van der Waals surface area contributed by atoms with Gasteiger partial charge in [0, 0.05) is 10.5 Å². The SMILES string of the molecule is Cc1ccc(CCCCNC(C)C)c(Br)c1. The van der Waals surface area contributed by atoms with E-state index in [0.717, 1.165) is 6.54 Å². The van der Waals surface area contributed by atoms with E-state index in [1.165, 1.54) is 34.9 Å². The summed E-state index contributed by atoms with van der Waals surface area (Å²) in [5, 5.41) is 3.44. The van der Waals surface area contributed by atoms with E-state index in [-0.39, 0.29) is 0 Å². The van der Waals surface area contributed by atoms with E-state index in [9.17, 15) is 0 Å². The third-order valence-electron chi connectivity index (χ3n) is 2.63. The van der Waals surface area contributed by atoms with Gasteiger partial charge in [-0.05, 0) is 49.9 Å². The Morgan fingerprint density at radius 3 is 2.62 bits per heavy atom. The largest absolute Gasteiger partial charge is 0.315 e. The predicted molar refractivity (Wildman–Crippen MR) is 75.0 cm³/mol. The van der Waals surface area contributed by atoms with E-state index in [4.69, 9.17) is 0 Å². The van der Waals surface area contributed by atoms with Crippen LogP contribution in [0.25, 0.3) is 0 Å². The number of aryl methyl sites for hydroxylation is 2. The van der Waals surface area contributed by atoms with E-state index in [1.807, 2.05) is 0 Å². The van der Waals surface area contributed by atoms with Gasteiger partial charge in [-0.2, -0.15) is 0 Å². The van der Waals surface area contributed by atoms with Crippen LogP contribution in [0.5, 0.6) is 0 Å². The zero-order chi connectivity index (χ0) is 12.0. The van der Waals surface area contributed by atoms with Gasteiger partial charge in [-0.15, -0.1) is 0 Å². The third kappa shape index (κ3) is 5.13. The van der Waals surface area contributed by atoms with Crippen LogP contribution in [-0.4, -0.2) is 12.6 Å². The number of hydrogen-bond acceptors (Lipinski definition) is 1. The van der Waals surface area contributed by atoms with Crippen LogP contribution in [0.4, 0.5) is 0 Å². The highest BCUT2D eigenvalue weighted by molar-refractivity contribution is 9.10. The zero-order valence-corrected chi connectivity index (χ0v) is 12.1. The molecular weight excluding hydrogens is 262 g/mol. The molecule has 2 heteroatoms. The molecule has 0 aliphatic carbocycles. The van der Waals surface area contributed by atoms with Crippen molar-refractivity contribution in [3.8, 4) is 0 Å². The van der Waals surface area contributed by atoms with Gasteiger partial charge >= 0.3 is 0 Å². The number of hydrogen-bond donors (Lipinski definition) is 1. The van der Waals surface area contributed by atoms with Crippen molar-refractivity contribution in [3.63, 3.8) is 0 Å². The second-order valence-corrected chi connectivity index (χ2v) is 5.52. The quantitative estimate of drug-likeness (QED) is 0.776. The summed E-state index contributed by atoms with van der Waals surface area (Å²) >= 11 is 3.62. The number of nitrogens with one attached hydrogen (secondary N) is 1. The van der Waals surface area contributed by atoms with Crippen LogP contribution in [0.15, 0.2) is 22.7 Å². The number of benzene rings is 1. The molecule has 0 aliphatic heterocycles. The van der Waals surface area contributed by atoms with E-state index >= 15 is 0 Å². The summed E-state index contributed by atoms with van der Waals surface area (Å²) in [6, 6.07) is 7.22. The number of rotatable bonds is 6. The minimum atomic E-state index is 0.603. The van der Waals surface area contributed by atoms with Gasteiger partial charge < -0.3 is 5.32 Å². The molecule has 16 heavy (non-hydrogen) atoms. The van der Waals surface area contributed by atoms with Crippen molar-refractivity contribution in [2.45, 2.75) is 46.1 Å². The maximum atomic E-state index is 3.62. The molecule has 0 atom stereocenters. The van der Waals surface area contributed by atoms with Crippen molar-refractivity contribution in [2.75, 3.05) is 6.54 Å². The third-order valence-corrected chi connectivity index (χ3v) is 3.37. The van der Waals surface area contributed by atoms with Crippen LogP contribution in [-0.2, 0) is 6.42 Å². The second kappa shape index (κ2) is 7.08. The molecule has 0 heterocycles. The molecule has 0 aromatic heterocycles. The first-order valence-corrected chi connectivity index (χ1v) is 6.87. The van der Waals surface area contributed by atoms with Gasteiger partial charge in [-0.25, -0.2) is 0 Å². The van der Waals surface area contributed by atoms with Crippen molar-refractivity contribution in [2.24, 2.45) is 0 Å². The van der Waals surface area contributed by atoms with Crippen LogP contribution in [0.3, 0.4) is 0 Å². The normalized spacial score (nSPS) is 11.1. The van der Waals surface area contributed by atoms with Crippen molar-refractivity contribution < 1.29 is 0 Å². The Bertz CT molecular complexity index is 321. The minimum Gasteiger partial charge on any atom is -0.315 e. The summed E-state index contributed by atoms with van der Waals surface area (Å²) in [7, 11) is 0. The Hall–Kier alpha value is -0.340. The summed E-state index contributed by atoms with van der Waals surface area (Å²) in [5.41, 5.74) is 2.74. The standard InChI is InChI=1S/C14H22BrN/c1-11(2)16-9-5-4-6-13-8-7-12(3)10-14(13)15/h7-8,10-11,16H,4-6,9H2,1-3H3. The molecule has 0 saturated heterocycles. The summed E-state index contributed by atoms with van der Waals surface area (Å²) in [6.07, 6.45) is 3.67. The molecule has 0 unspecified atom stereocenters. The summed E-state index contributed by atoms with van der Waals surface area (Å²) in [5.74, 6) is 0. The summed E-state index contributed by atoms with van der Waals surface area (Å²) in [4.78, 5) is 0. The highest BCUT2D eigenvalue weighted by Crippen LogP contribution is 2.20. The maximum absolute atomic E-state index is 3.62. The predicted octanol–water partition coefficient (Wildman–Crippen LogP) is 4.08. The van der Waals surface area contributed by atoms with E-state index in [2.05, 4.69) is 60.2 Å². The monoisotopic (exact) mass is 283 g/mol. The van der Waals surface area contributed by atoms with Crippen LogP contribution >= 0.6 is 15.9 Å². The first-order valence-electron chi connectivity index (χ1n) is 6.08. The first-order chi connectivity index (χ1) is 7.59. The fourth-order valence-electron chi connectivity index (χ4n) is 1.69. The average Bonchev–Trinajstić information content (AvgIpc) is 2.20. The molecule has 90 valence electrons. The van der Waals surface area contributed by atoms with Crippen LogP contribution < -0.4 is 5.32 Å². The van der Waals surface area contributed by atoms with Crippen molar-refractivity contribution in [1.82, 2.24) is 5.32 Å². The lowest BCUT2D eigenvalue weighted by Crippen LogP contribution is -2.23. The fraction of sp³-hybridized carbons (Fsp3) is 0.571. The lowest BCUT2D eigenvalue weighted by Gasteiger charge is -2.08. The average molecular weight is 284 g/mol. The van der Waals surface area contributed by atoms with E-state index < -0.39 is 0 Å². The van der Waals surface area contributed by atoms with Crippen molar-refractivity contribution in [1.29, 1.82) is 0 Å². The van der Waals surface area contributed by atoms with Gasteiger partial charge in [-0.3, -0.25) is 0 Å². The first kappa shape index (κ1) is 13.7. The maximum Gasteiger partial charge on any atom is 0.0209 e. The molecule has 0 aliphatic rings. The van der Waals surface area contributed by atoms with Crippen LogP contribution in [0, 0.1) is 6.92 Å². The van der Waals surface area contributed by atoms with Gasteiger partial charge in [-0.1, -0.05) is 41.9 Å². The molecule has 0 bridgehead atoms. The van der Waals surface area contributed by atoms with E-state index in [0.29, 0.717) is 6.04 Å². The zero-order valence-electron chi connectivity index (χ0n) is 10.5. The molecule has 0 spiro atoms.